The summed E-state index contributed by atoms with van der Waals surface area (Å²) in [7, 11) is 0. The van der Waals surface area contributed by atoms with Crippen LogP contribution in [0.3, 0.4) is 0 Å². The number of anilines is 1. The normalized spacial score (nSPS) is 20.2. The second-order valence-electron chi connectivity index (χ2n) is 6.54. The van der Waals surface area contributed by atoms with E-state index in [1.54, 1.807) is 0 Å². The van der Waals surface area contributed by atoms with Gasteiger partial charge in [-0.2, -0.15) is 5.26 Å². The Hall–Kier alpha value is -1.49. The van der Waals surface area contributed by atoms with Crippen molar-refractivity contribution in [2.24, 2.45) is 16.7 Å². The minimum Gasteiger partial charge on any atom is -0.384 e. The fourth-order valence-electron chi connectivity index (χ4n) is 2.96. The Balaban J connectivity index is 2.09. The van der Waals surface area contributed by atoms with Gasteiger partial charge in [0.25, 0.3) is 0 Å². The molecule has 96 valence electrons. The quantitative estimate of drug-likeness (QED) is 0.870. The summed E-state index contributed by atoms with van der Waals surface area (Å²) in [4.78, 5) is 0. The molecule has 1 fully saturated rings. The molecule has 0 amide bonds. The van der Waals surface area contributed by atoms with Gasteiger partial charge in [-0.05, 0) is 41.4 Å². The van der Waals surface area contributed by atoms with E-state index in [-0.39, 0.29) is 0 Å². The molecule has 1 saturated carbocycles. The van der Waals surface area contributed by atoms with Gasteiger partial charge in [0.1, 0.15) is 6.07 Å². The third-order valence-electron chi connectivity index (χ3n) is 5.11. The van der Waals surface area contributed by atoms with E-state index in [1.165, 1.54) is 5.56 Å². The van der Waals surface area contributed by atoms with Gasteiger partial charge in [-0.15, -0.1) is 0 Å². The maximum Gasteiger partial charge on any atom is 0.101 e. The molecule has 0 radical (unpaired) electrons. The Morgan fingerprint density at radius 1 is 1.22 bits per heavy atom. The van der Waals surface area contributed by atoms with Gasteiger partial charge in [-0.1, -0.05) is 33.8 Å². The van der Waals surface area contributed by atoms with E-state index in [2.05, 4.69) is 52.1 Å². The highest BCUT2D eigenvalue weighted by Crippen LogP contribution is 2.68. The van der Waals surface area contributed by atoms with Crippen LogP contribution in [0, 0.1) is 35.0 Å². The summed E-state index contributed by atoms with van der Waals surface area (Å²) in [5.41, 5.74) is 3.66. The molecule has 0 aliphatic heterocycles. The van der Waals surface area contributed by atoms with Crippen molar-refractivity contribution in [1.82, 2.24) is 0 Å². The molecular weight excluding hydrogens is 220 g/mol. The van der Waals surface area contributed by atoms with E-state index in [4.69, 9.17) is 5.26 Å². The van der Waals surface area contributed by atoms with Gasteiger partial charge in [-0.25, -0.2) is 0 Å². The van der Waals surface area contributed by atoms with Crippen LogP contribution in [0.5, 0.6) is 0 Å². The second kappa shape index (κ2) is 4.02. The standard InChI is InChI=1S/C16H22N2/c1-11-6-7-12(9-17)13(8-11)18-10-14-15(2,3)16(14,4)5/h6-8,14,18H,10H2,1-5H3. The summed E-state index contributed by atoms with van der Waals surface area (Å²) >= 11 is 0. The van der Waals surface area contributed by atoms with Gasteiger partial charge in [-0.3, -0.25) is 0 Å². The lowest BCUT2D eigenvalue weighted by Crippen LogP contribution is -2.09. The van der Waals surface area contributed by atoms with Crippen molar-refractivity contribution in [3.63, 3.8) is 0 Å². The summed E-state index contributed by atoms with van der Waals surface area (Å²) in [6, 6.07) is 8.17. The molecule has 2 nitrogen and oxygen atoms in total. The van der Waals surface area contributed by atoms with Crippen LogP contribution in [0.2, 0.25) is 0 Å². The Kier molecular flexibility index (Phi) is 2.89. The molecule has 0 saturated heterocycles. The molecule has 1 aliphatic rings. The molecule has 0 heterocycles. The first-order chi connectivity index (χ1) is 8.30. The predicted octanol–water partition coefficient (Wildman–Crippen LogP) is 3.96. The summed E-state index contributed by atoms with van der Waals surface area (Å²) in [5.74, 6) is 0.664. The lowest BCUT2D eigenvalue weighted by Gasteiger charge is -2.10. The van der Waals surface area contributed by atoms with Crippen LogP contribution in [0.25, 0.3) is 0 Å². The van der Waals surface area contributed by atoms with Gasteiger partial charge in [0.2, 0.25) is 0 Å². The first-order valence-electron chi connectivity index (χ1n) is 6.55. The van der Waals surface area contributed by atoms with Crippen molar-refractivity contribution in [3.8, 4) is 6.07 Å². The third kappa shape index (κ3) is 1.88. The van der Waals surface area contributed by atoms with Gasteiger partial charge in [0, 0.05) is 6.54 Å². The summed E-state index contributed by atoms with van der Waals surface area (Å²) < 4.78 is 0. The minimum atomic E-state index is 0.386. The highest BCUT2D eigenvalue weighted by molar-refractivity contribution is 5.59. The van der Waals surface area contributed by atoms with Crippen molar-refractivity contribution >= 4 is 5.69 Å². The number of nitrogens with zero attached hydrogens (tertiary/aromatic N) is 1. The van der Waals surface area contributed by atoms with Gasteiger partial charge >= 0.3 is 0 Å². The van der Waals surface area contributed by atoms with Crippen molar-refractivity contribution < 1.29 is 0 Å². The minimum absolute atomic E-state index is 0.386. The smallest absolute Gasteiger partial charge is 0.101 e. The molecule has 0 atom stereocenters. The summed E-state index contributed by atoms with van der Waals surface area (Å²) in [6.07, 6.45) is 0. The number of rotatable bonds is 3. The van der Waals surface area contributed by atoms with Gasteiger partial charge in [0.05, 0.1) is 11.3 Å². The fourth-order valence-corrected chi connectivity index (χ4v) is 2.96. The van der Waals surface area contributed by atoms with E-state index in [0.29, 0.717) is 16.7 Å². The molecule has 0 unspecified atom stereocenters. The summed E-state index contributed by atoms with van der Waals surface area (Å²) in [6.45, 7) is 12.3. The molecule has 1 aromatic carbocycles. The van der Waals surface area contributed by atoms with E-state index in [9.17, 15) is 0 Å². The number of nitriles is 1. The van der Waals surface area contributed by atoms with E-state index >= 15 is 0 Å². The zero-order valence-electron chi connectivity index (χ0n) is 12.0. The Morgan fingerprint density at radius 3 is 2.33 bits per heavy atom. The zero-order valence-corrected chi connectivity index (χ0v) is 12.0. The highest BCUT2D eigenvalue weighted by atomic mass is 14.9. The first kappa shape index (κ1) is 13.0. The van der Waals surface area contributed by atoms with Crippen LogP contribution in [0.15, 0.2) is 18.2 Å². The van der Waals surface area contributed by atoms with Crippen molar-refractivity contribution in [2.75, 3.05) is 11.9 Å². The Bertz CT molecular complexity index is 492. The van der Waals surface area contributed by atoms with Crippen LogP contribution >= 0.6 is 0 Å². The maximum atomic E-state index is 9.11. The highest BCUT2D eigenvalue weighted by Gasteiger charge is 2.64. The van der Waals surface area contributed by atoms with Crippen LogP contribution in [-0.4, -0.2) is 6.54 Å². The monoisotopic (exact) mass is 242 g/mol. The molecule has 2 rings (SSSR count). The second-order valence-corrected chi connectivity index (χ2v) is 6.54. The van der Waals surface area contributed by atoms with E-state index in [0.717, 1.165) is 17.8 Å². The van der Waals surface area contributed by atoms with E-state index in [1.807, 2.05) is 12.1 Å². The first-order valence-corrected chi connectivity index (χ1v) is 6.55. The Morgan fingerprint density at radius 2 is 1.83 bits per heavy atom. The number of aryl methyl sites for hydroxylation is 1. The van der Waals surface area contributed by atoms with E-state index < -0.39 is 0 Å². The molecule has 1 N–H and O–H groups in total. The third-order valence-corrected chi connectivity index (χ3v) is 5.11. The molecule has 18 heavy (non-hydrogen) atoms. The molecular formula is C16H22N2. The lowest BCUT2D eigenvalue weighted by atomic mass is 10.0. The van der Waals surface area contributed by atoms with Gasteiger partial charge in [0.15, 0.2) is 0 Å². The molecule has 0 aromatic heterocycles. The SMILES string of the molecule is Cc1ccc(C#N)c(NCC2C(C)(C)C2(C)C)c1. The average Bonchev–Trinajstić information content (AvgIpc) is 2.67. The number of nitrogens with one attached hydrogen (secondary N) is 1. The fraction of sp³-hybridized carbons (Fsp3) is 0.562. The van der Waals surface area contributed by atoms with Crippen molar-refractivity contribution in [3.05, 3.63) is 29.3 Å². The topological polar surface area (TPSA) is 35.8 Å². The lowest BCUT2D eigenvalue weighted by molar-refractivity contribution is 0.457. The van der Waals surface area contributed by atoms with Gasteiger partial charge < -0.3 is 5.32 Å². The van der Waals surface area contributed by atoms with Crippen LogP contribution < -0.4 is 5.32 Å². The largest absolute Gasteiger partial charge is 0.384 e. The Labute approximate surface area is 110 Å². The van der Waals surface area contributed by atoms with Crippen LogP contribution in [0.4, 0.5) is 5.69 Å². The van der Waals surface area contributed by atoms with Crippen molar-refractivity contribution in [2.45, 2.75) is 34.6 Å². The number of hydrogen-bond donors (Lipinski definition) is 1. The molecule has 0 spiro atoms. The maximum absolute atomic E-state index is 9.11. The number of hydrogen-bond acceptors (Lipinski definition) is 2. The average molecular weight is 242 g/mol. The van der Waals surface area contributed by atoms with Crippen LogP contribution in [-0.2, 0) is 0 Å². The van der Waals surface area contributed by atoms with Crippen LogP contribution in [0.1, 0.15) is 38.8 Å². The molecule has 1 aromatic rings. The molecule has 2 heteroatoms. The number of benzene rings is 1. The van der Waals surface area contributed by atoms with Crippen molar-refractivity contribution in [1.29, 1.82) is 5.26 Å². The predicted molar refractivity (Wildman–Crippen MR) is 75.4 cm³/mol. The zero-order chi connectivity index (χ0) is 13.6. The summed E-state index contributed by atoms with van der Waals surface area (Å²) in [5, 5.41) is 12.6. The molecule has 1 aliphatic carbocycles. The molecule has 0 bridgehead atoms.